The van der Waals surface area contributed by atoms with Gasteiger partial charge >= 0.3 is 0 Å². The molecule has 1 aromatic carbocycles. The Kier molecular flexibility index (Phi) is 5.42. The van der Waals surface area contributed by atoms with E-state index >= 15 is 0 Å². The molecule has 19 heavy (non-hydrogen) atoms. The lowest BCUT2D eigenvalue weighted by atomic mass is 10.2. The van der Waals surface area contributed by atoms with E-state index in [1.54, 1.807) is 0 Å². The molecule has 1 aromatic rings. The normalized spacial score (nSPS) is 17.4. The van der Waals surface area contributed by atoms with Crippen molar-refractivity contribution in [3.05, 3.63) is 32.7 Å². The summed E-state index contributed by atoms with van der Waals surface area (Å²) in [6.45, 7) is 5.16. The zero-order valence-electron chi connectivity index (χ0n) is 11.0. The van der Waals surface area contributed by atoms with E-state index in [1.165, 1.54) is 12.8 Å². The van der Waals surface area contributed by atoms with Gasteiger partial charge in [-0.05, 0) is 67.0 Å². The average molecular weight is 390 g/mol. The highest BCUT2D eigenvalue weighted by Crippen LogP contribution is 2.21. The van der Waals surface area contributed by atoms with Crippen LogP contribution in [0, 0.1) is 0 Å². The molecule has 1 saturated heterocycles. The number of nitrogens with zero attached hydrogens (tertiary/aromatic N) is 1. The van der Waals surface area contributed by atoms with Gasteiger partial charge < -0.3 is 5.32 Å². The molecule has 0 aliphatic carbocycles. The molecule has 2 rings (SSSR count). The van der Waals surface area contributed by atoms with Gasteiger partial charge in [0.2, 0.25) is 0 Å². The van der Waals surface area contributed by atoms with Crippen LogP contribution in [0.4, 0.5) is 0 Å². The number of benzene rings is 1. The maximum atomic E-state index is 12.2. The first kappa shape index (κ1) is 15.0. The molecule has 1 atom stereocenters. The van der Waals surface area contributed by atoms with E-state index in [4.69, 9.17) is 0 Å². The van der Waals surface area contributed by atoms with Crippen LogP contribution in [0.3, 0.4) is 0 Å². The quantitative estimate of drug-likeness (QED) is 0.855. The highest BCUT2D eigenvalue weighted by molar-refractivity contribution is 9.11. The van der Waals surface area contributed by atoms with Gasteiger partial charge in [-0.2, -0.15) is 0 Å². The second-order valence-electron chi connectivity index (χ2n) is 4.93. The summed E-state index contributed by atoms with van der Waals surface area (Å²) in [5.74, 6) is -0.0285. The molecular formula is C14H18Br2N2O. The number of carbonyl (C=O) groups excluding carboxylic acids is 1. The first-order valence-electron chi connectivity index (χ1n) is 6.55. The molecule has 1 N–H and O–H groups in total. The molecule has 0 spiro atoms. The second-order valence-corrected chi connectivity index (χ2v) is 6.70. The highest BCUT2D eigenvalue weighted by atomic mass is 79.9. The number of amides is 1. The van der Waals surface area contributed by atoms with Gasteiger partial charge in [-0.25, -0.2) is 0 Å². The number of nitrogens with one attached hydrogen (secondary N) is 1. The first-order chi connectivity index (χ1) is 9.08. The Bertz CT molecular complexity index is 459. The second kappa shape index (κ2) is 6.86. The molecule has 1 aliphatic rings. The smallest absolute Gasteiger partial charge is 0.252 e. The van der Waals surface area contributed by atoms with Gasteiger partial charge in [0.25, 0.3) is 5.91 Å². The summed E-state index contributed by atoms with van der Waals surface area (Å²) in [6.07, 6.45) is 2.55. The van der Waals surface area contributed by atoms with Crippen LogP contribution in [0.5, 0.6) is 0 Å². The third-order valence-corrected chi connectivity index (χ3v) is 4.68. The monoisotopic (exact) mass is 388 g/mol. The molecule has 0 radical (unpaired) electrons. The molecule has 3 nitrogen and oxygen atoms in total. The van der Waals surface area contributed by atoms with Crippen molar-refractivity contribution in [3.8, 4) is 0 Å². The molecule has 104 valence electrons. The van der Waals surface area contributed by atoms with Gasteiger partial charge in [-0.1, -0.05) is 15.9 Å². The number of likely N-dealkylation sites (tertiary alicyclic amines) is 1. The van der Waals surface area contributed by atoms with Crippen molar-refractivity contribution in [2.75, 3.05) is 19.6 Å². The summed E-state index contributed by atoms with van der Waals surface area (Å²) in [5, 5.41) is 3.01. The van der Waals surface area contributed by atoms with E-state index in [0.29, 0.717) is 18.2 Å². The van der Waals surface area contributed by atoms with Crippen LogP contribution in [0.25, 0.3) is 0 Å². The summed E-state index contributed by atoms with van der Waals surface area (Å²) >= 11 is 6.80. The summed E-state index contributed by atoms with van der Waals surface area (Å²) in [6, 6.07) is 6.02. The molecule has 5 heteroatoms. The minimum absolute atomic E-state index is 0.0285. The van der Waals surface area contributed by atoms with Crippen molar-refractivity contribution in [3.63, 3.8) is 0 Å². The maximum Gasteiger partial charge on any atom is 0.252 e. The highest BCUT2D eigenvalue weighted by Gasteiger charge is 2.19. The van der Waals surface area contributed by atoms with Crippen LogP contribution in [-0.2, 0) is 0 Å². The fraction of sp³-hybridized carbons (Fsp3) is 0.500. The van der Waals surface area contributed by atoms with E-state index in [0.717, 1.165) is 22.0 Å². The van der Waals surface area contributed by atoms with E-state index in [9.17, 15) is 4.79 Å². The number of hydrogen-bond acceptors (Lipinski definition) is 2. The van der Waals surface area contributed by atoms with Crippen LogP contribution >= 0.6 is 31.9 Å². The maximum absolute atomic E-state index is 12.2. The van der Waals surface area contributed by atoms with Crippen molar-refractivity contribution in [1.29, 1.82) is 0 Å². The van der Waals surface area contributed by atoms with E-state index in [1.807, 2.05) is 18.2 Å². The Morgan fingerprint density at radius 3 is 2.74 bits per heavy atom. The Morgan fingerprint density at radius 1 is 1.37 bits per heavy atom. The molecule has 1 unspecified atom stereocenters. The first-order valence-corrected chi connectivity index (χ1v) is 8.14. The lowest BCUT2D eigenvalue weighted by Gasteiger charge is -2.23. The van der Waals surface area contributed by atoms with Gasteiger partial charge in [-0.15, -0.1) is 0 Å². The lowest BCUT2D eigenvalue weighted by molar-refractivity contribution is 0.0939. The van der Waals surface area contributed by atoms with Crippen LogP contribution in [0.2, 0.25) is 0 Å². The predicted octanol–water partition coefficient (Wildman–Crippen LogP) is 3.43. The van der Waals surface area contributed by atoms with Crippen molar-refractivity contribution in [2.24, 2.45) is 0 Å². The van der Waals surface area contributed by atoms with Crippen molar-refractivity contribution < 1.29 is 4.79 Å². The molecule has 1 fully saturated rings. The molecule has 1 aliphatic heterocycles. The minimum Gasteiger partial charge on any atom is -0.350 e. The fourth-order valence-electron chi connectivity index (χ4n) is 2.32. The molecule has 1 amide bonds. The minimum atomic E-state index is -0.0285. The zero-order chi connectivity index (χ0) is 13.8. The molecule has 0 bridgehead atoms. The molecule has 0 saturated carbocycles. The van der Waals surface area contributed by atoms with Crippen molar-refractivity contribution in [1.82, 2.24) is 10.2 Å². The molecule has 1 heterocycles. The Morgan fingerprint density at radius 2 is 2.05 bits per heavy atom. The summed E-state index contributed by atoms with van der Waals surface area (Å²) in [7, 11) is 0. The number of hydrogen-bond donors (Lipinski definition) is 1. The number of rotatable bonds is 4. The van der Waals surface area contributed by atoms with E-state index in [-0.39, 0.29) is 5.91 Å². The van der Waals surface area contributed by atoms with Gasteiger partial charge in [-0.3, -0.25) is 9.69 Å². The third kappa shape index (κ3) is 4.04. The fourth-order valence-corrected chi connectivity index (χ4v) is 3.11. The molecule has 0 aromatic heterocycles. The van der Waals surface area contributed by atoms with Gasteiger partial charge in [0, 0.05) is 21.5 Å². The summed E-state index contributed by atoms with van der Waals surface area (Å²) < 4.78 is 1.73. The largest absolute Gasteiger partial charge is 0.350 e. The Labute approximate surface area is 131 Å². The number of carbonyl (C=O) groups is 1. The average Bonchev–Trinajstić information content (AvgIpc) is 2.92. The standard InChI is InChI=1S/C14H18Br2N2O/c1-10(18-6-2-3-7-18)9-17-14(19)12-8-11(15)4-5-13(12)16/h4-5,8,10H,2-3,6-7,9H2,1H3,(H,17,19). The van der Waals surface area contributed by atoms with Gasteiger partial charge in [0.15, 0.2) is 0 Å². The lowest BCUT2D eigenvalue weighted by Crippen LogP contribution is -2.40. The SMILES string of the molecule is CC(CNC(=O)c1cc(Br)ccc1Br)N1CCCC1. The van der Waals surface area contributed by atoms with Gasteiger partial charge in [0.05, 0.1) is 5.56 Å². The van der Waals surface area contributed by atoms with Crippen LogP contribution in [-0.4, -0.2) is 36.5 Å². The van der Waals surface area contributed by atoms with Gasteiger partial charge in [0.1, 0.15) is 0 Å². The number of halogens is 2. The van der Waals surface area contributed by atoms with Crippen LogP contribution in [0.15, 0.2) is 27.1 Å². The molecular weight excluding hydrogens is 372 g/mol. The predicted molar refractivity (Wildman–Crippen MR) is 84.4 cm³/mol. The van der Waals surface area contributed by atoms with Crippen molar-refractivity contribution in [2.45, 2.75) is 25.8 Å². The topological polar surface area (TPSA) is 32.3 Å². The summed E-state index contributed by atoms with van der Waals surface area (Å²) in [5.41, 5.74) is 0.669. The Balaban J connectivity index is 1.91. The Hall–Kier alpha value is -0.390. The van der Waals surface area contributed by atoms with Crippen LogP contribution in [0.1, 0.15) is 30.1 Å². The van der Waals surface area contributed by atoms with E-state index in [2.05, 4.69) is 49.0 Å². The van der Waals surface area contributed by atoms with E-state index < -0.39 is 0 Å². The van der Waals surface area contributed by atoms with Crippen LogP contribution < -0.4 is 5.32 Å². The zero-order valence-corrected chi connectivity index (χ0v) is 14.1. The third-order valence-electron chi connectivity index (χ3n) is 3.50. The summed E-state index contributed by atoms with van der Waals surface area (Å²) in [4.78, 5) is 14.6. The van der Waals surface area contributed by atoms with Crippen molar-refractivity contribution >= 4 is 37.8 Å².